The molecule has 0 bridgehead atoms. The molecule has 1 N–H and O–H groups in total. The second kappa shape index (κ2) is 8.32. The average molecular weight is 305 g/mol. The van der Waals surface area contributed by atoms with Crippen LogP contribution in [-0.4, -0.2) is 25.0 Å². The Balaban J connectivity index is 1.68. The zero-order chi connectivity index (χ0) is 15.8. The fourth-order valence-electron chi connectivity index (χ4n) is 2.38. The third-order valence-electron chi connectivity index (χ3n) is 3.58. The van der Waals surface area contributed by atoms with Gasteiger partial charge in [-0.15, -0.1) is 0 Å². The molecule has 0 atom stereocenters. The first-order valence-corrected chi connectivity index (χ1v) is 7.53. The van der Waals surface area contributed by atoms with Crippen molar-refractivity contribution in [2.75, 3.05) is 13.2 Å². The van der Waals surface area contributed by atoms with E-state index in [9.17, 15) is 14.0 Å². The molecule has 1 amide bonds. The number of hydrogen-bond acceptors (Lipinski definition) is 3. The molecule has 0 heterocycles. The molecule has 0 saturated carbocycles. The topological polar surface area (TPSA) is 55.4 Å². The summed E-state index contributed by atoms with van der Waals surface area (Å²) in [4.78, 5) is 23.2. The minimum Gasteiger partial charge on any atom is -0.452 e. The number of rotatable bonds is 6. The molecule has 1 aliphatic rings. The lowest BCUT2D eigenvalue weighted by molar-refractivity contribution is -0.124. The summed E-state index contributed by atoms with van der Waals surface area (Å²) in [5.41, 5.74) is 1.21. The van der Waals surface area contributed by atoms with E-state index in [1.807, 2.05) is 0 Å². The molecule has 2 rings (SSSR count). The molecule has 118 valence electrons. The maximum atomic E-state index is 13.4. The molecule has 0 spiro atoms. The van der Waals surface area contributed by atoms with Crippen molar-refractivity contribution < 1.29 is 18.7 Å². The maximum absolute atomic E-state index is 13.4. The first kappa shape index (κ1) is 16.2. The molecule has 0 aromatic heterocycles. The molecule has 1 aliphatic carbocycles. The van der Waals surface area contributed by atoms with E-state index in [2.05, 4.69) is 11.4 Å². The number of esters is 1. The van der Waals surface area contributed by atoms with Gasteiger partial charge < -0.3 is 10.1 Å². The van der Waals surface area contributed by atoms with Crippen molar-refractivity contribution in [3.63, 3.8) is 0 Å². The van der Waals surface area contributed by atoms with Crippen molar-refractivity contribution in [3.8, 4) is 0 Å². The number of amides is 1. The normalized spacial score (nSPS) is 14.1. The lowest BCUT2D eigenvalue weighted by Gasteiger charge is -2.13. The minimum absolute atomic E-state index is 0.164. The molecule has 1 aromatic carbocycles. The van der Waals surface area contributed by atoms with E-state index in [1.165, 1.54) is 42.7 Å². The van der Waals surface area contributed by atoms with Gasteiger partial charge in [-0.1, -0.05) is 23.8 Å². The van der Waals surface area contributed by atoms with Crippen molar-refractivity contribution in [2.24, 2.45) is 0 Å². The van der Waals surface area contributed by atoms with Gasteiger partial charge >= 0.3 is 5.97 Å². The Morgan fingerprint density at radius 1 is 1.23 bits per heavy atom. The summed E-state index contributed by atoms with van der Waals surface area (Å²) in [6, 6.07) is 5.52. The number of ether oxygens (including phenoxy) is 1. The maximum Gasteiger partial charge on any atom is 0.341 e. The number of halogens is 1. The Morgan fingerprint density at radius 3 is 2.77 bits per heavy atom. The van der Waals surface area contributed by atoms with Crippen molar-refractivity contribution in [1.29, 1.82) is 0 Å². The van der Waals surface area contributed by atoms with Crippen LogP contribution in [0.15, 0.2) is 35.9 Å². The van der Waals surface area contributed by atoms with Crippen molar-refractivity contribution >= 4 is 11.9 Å². The largest absolute Gasteiger partial charge is 0.452 e. The molecule has 0 fully saturated rings. The number of carbonyl (C=O) groups excluding carboxylic acids is 2. The average Bonchev–Trinajstić information content (AvgIpc) is 2.54. The highest BCUT2D eigenvalue weighted by molar-refractivity contribution is 5.91. The zero-order valence-electron chi connectivity index (χ0n) is 12.4. The van der Waals surface area contributed by atoms with E-state index >= 15 is 0 Å². The molecule has 0 unspecified atom stereocenters. The Morgan fingerprint density at radius 2 is 2.05 bits per heavy atom. The van der Waals surface area contributed by atoms with Gasteiger partial charge in [0.05, 0.1) is 5.56 Å². The fraction of sp³-hybridized carbons (Fsp3) is 0.412. The van der Waals surface area contributed by atoms with E-state index in [-0.39, 0.29) is 11.5 Å². The van der Waals surface area contributed by atoms with E-state index < -0.39 is 18.4 Å². The highest BCUT2D eigenvalue weighted by atomic mass is 19.1. The third kappa shape index (κ3) is 4.98. The summed E-state index contributed by atoms with van der Waals surface area (Å²) in [7, 11) is 0. The van der Waals surface area contributed by atoms with E-state index in [0.717, 1.165) is 19.3 Å². The summed E-state index contributed by atoms with van der Waals surface area (Å²) >= 11 is 0. The number of benzene rings is 1. The second-order valence-electron chi connectivity index (χ2n) is 5.26. The summed E-state index contributed by atoms with van der Waals surface area (Å²) in [5.74, 6) is -1.86. The fourth-order valence-corrected chi connectivity index (χ4v) is 2.38. The van der Waals surface area contributed by atoms with Crippen molar-refractivity contribution in [1.82, 2.24) is 5.32 Å². The second-order valence-corrected chi connectivity index (χ2v) is 5.26. The minimum atomic E-state index is -0.830. The van der Waals surface area contributed by atoms with Gasteiger partial charge in [-0.25, -0.2) is 9.18 Å². The first-order chi connectivity index (χ1) is 10.7. The first-order valence-electron chi connectivity index (χ1n) is 7.53. The predicted molar refractivity (Wildman–Crippen MR) is 80.9 cm³/mol. The van der Waals surface area contributed by atoms with E-state index in [1.54, 1.807) is 0 Å². The molecular weight excluding hydrogens is 285 g/mol. The van der Waals surface area contributed by atoms with Crippen LogP contribution in [0, 0.1) is 5.82 Å². The van der Waals surface area contributed by atoms with Crippen LogP contribution in [0.4, 0.5) is 4.39 Å². The monoisotopic (exact) mass is 305 g/mol. The summed E-state index contributed by atoms with van der Waals surface area (Å²) < 4.78 is 18.2. The third-order valence-corrected chi connectivity index (χ3v) is 3.58. The van der Waals surface area contributed by atoms with Crippen LogP contribution in [0.2, 0.25) is 0 Å². The predicted octanol–water partition coefficient (Wildman–Crippen LogP) is 2.99. The Kier molecular flexibility index (Phi) is 6.13. The van der Waals surface area contributed by atoms with Crippen molar-refractivity contribution in [3.05, 3.63) is 47.3 Å². The molecule has 5 heteroatoms. The van der Waals surface area contributed by atoms with Gasteiger partial charge in [0, 0.05) is 6.54 Å². The lowest BCUT2D eigenvalue weighted by atomic mass is 9.97. The van der Waals surface area contributed by atoms with Crippen LogP contribution in [0.5, 0.6) is 0 Å². The SMILES string of the molecule is O=C(COC(=O)c1ccccc1F)NCCC1=CCCCC1. The highest BCUT2D eigenvalue weighted by Gasteiger charge is 2.14. The molecule has 22 heavy (non-hydrogen) atoms. The summed E-state index contributed by atoms with van der Waals surface area (Å²) in [6.07, 6.45) is 7.71. The van der Waals surface area contributed by atoms with Gasteiger partial charge in [-0.05, 0) is 44.2 Å². The molecule has 0 saturated heterocycles. The zero-order valence-corrected chi connectivity index (χ0v) is 12.4. The molecule has 1 aromatic rings. The number of hydrogen-bond donors (Lipinski definition) is 1. The van der Waals surface area contributed by atoms with Gasteiger partial charge in [0.1, 0.15) is 5.82 Å². The molecular formula is C17H20FNO3. The number of allylic oxidation sites excluding steroid dienone is 1. The van der Waals surface area contributed by atoms with Gasteiger partial charge in [-0.3, -0.25) is 4.79 Å². The van der Waals surface area contributed by atoms with Crippen LogP contribution in [-0.2, 0) is 9.53 Å². The lowest BCUT2D eigenvalue weighted by Crippen LogP contribution is -2.30. The quantitative estimate of drug-likeness (QED) is 0.649. The van der Waals surface area contributed by atoms with Gasteiger partial charge in [-0.2, -0.15) is 0 Å². The standard InChI is InChI=1S/C17H20FNO3/c18-15-9-5-4-8-14(15)17(21)22-12-16(20)19-11-10-13-6-2-1-3-7-13/h4-6,8-9H,1-3,7,10-12H2,(H,19,20). The van der Waals surface area contributed by atoms with E-state index in [4.69, 9.17) is 4.74 Å². The van der Waals surface area contributed by atoms with Gasteiger partial charge in [0.15, 0.2) is 6.61 Å². The van der Waals surface area contributed by atoms with Gasteiger partial charge in [0.25, 0.3) is 5.91 Å². The summed E-state index contributed by atoms with van der Waals surface area (Å²) in [6.45, 7) is 0.133. The highest BCUT2D eigenvalue weighted by Crippen LogP contribution is 2.19. The van der Waals surface area contributed by atoms with Gasteiger partial charge in [0.2, 0.25) is 0 Å². The summed E-state index contributed by atoms with van der Waals surface area (Å²) in [5, 5.41) is 2.70. The van der Waals surface area contributed by atoms with Crippen LogP contribution >= 0.6 is 0 Å². The number of carbonyl (C=O) groups is 2. The smallest absolute Gasteiger partial charge is 0.341 e. The van der Waals surface area contributed by atoms with E-state index in [0.29, 0.717) is 6.54 Å². The Bertz CT molecular complexity index is 569. The van der Waals surface area contributed by atoms with Crippen LogP contribution in [0.3, 0.4) is 0 Å². The molecule has 0 radical (unpaired) electrons. The molecule has 0 aliphatic heterocycles. The number of nitrogens with one attached hydrogen (secondary N) is 1. The van der Waals surface area contributed by atoms with Crippen LogP contribution in [0.25, 0.3) is 0 Å². The van der Waals surface area contributed by atoms with Crippen LogP contribution in [0.1, 0.15) is 42.5 Å². The molecule has 4 nitrogen and oxygen atoms in total. The Labute approximate surface area is 129 Å². The van der Waals surface area contributed by atoms with Crippen LogP contribution < -0.4 is 5.32 Å². The Hall–Kier alpha value is -2.17. The van der Waals surface area contributed by atoms with Crippen molar-refractivity contribution in [2.45, 2.75) is 32.1 Å².